The summed E-state index contributed by atoms with van der Waals surface area (Å²) in [7, 11) is 3.48. The Morgan fingerprint density at radius 2 is 2.29 bits per heavy atom. The zero-order valence-electron chi connectivity index (χ0n) is 12.2. The summed E-state index contributed by atoms with van der Waals surface area (Å²) >= 11 is 0. The van der Waals surface area contributed by atoms with Crippen molar-refractivity contribution in [1.29, 1.82) is 5.26 Å². The van der Waals surface area contributed by atoms with Crippen LogP contribution in [0.3, 0.4) is 0 Å². The summed E-state index contributed by atoms with van der Waals surface area (Å²) in [6, 6.07) is 7.73. The quantitative estimate of drug-likeness (QED) is 0.786. The molecule has 0 radical (unpaired) electrons. The lowest BCUT2D eigenvalue weighted by molar-refractivity contribution is 0.199. The van der Waals surface area contributed by atoms with E-state index >= 15 is 0 Å². The topological polar surface area (TPSA) is 72.1 Å². The van der Waals surface area contributed by atoms with Crippen molar-refractivity contribution in [2.75, 3.05) is 20.3 Å². The van der Waals surface area contributed by atoms with Gasteiger partial charge >= 0.3 is 0 Å². The molecule has 2 rings (SSSR count). The third-order valence-electron chi connectivity index (χ3n) is 2.89. The minimum Gasteiger partial charge on any atom is -0.453 e. The molecule has 2 aromatic rings. The Morgan fingerprint density at radius 1 is 1.43 bits per heavy atom. The zero-order valence-corrected chi connectivity index (χ0v) is 12.2. The highest BCUT2D eigenvalue weighted by Crippen LogP contribution is 2.25. The highest BCUT2D eigenvalue weighted by Gasteiger charge is 2.07. The summed E-state index contributed by atoms with van der Waals surface area (Å²) in [6.45, 7) is 2.12. The fourth-order valence-corrected chi connectivity index (χ4v) is 1.85. The smallest absolute Gasteiger partial charge is 0.165 e. The molecule has 1 aromatic carbocycles. The number of hydrogen-bond acceptors (Lipinski definition) is 5. The Morgan fingerprint density at radius 3 is 2.95 bits per heavy atom. The van der Waals surface area contributed by atoms with Crippen molar-refractivity contribution in [3.8, 4) is 17.6 Å². The van der Waals surface area contributed by atoms with E-state index in [2.05, 4.69) is 16.5 Å². The van der Waals surface area contributed by atoms with E-state index in [9.17, 15) is 5.26 Å². The normalized spacial score (nSPS) is 10.3. The van der Waals surface area contributed by atoms with Gasteiger partial charge in [-0.15, -0.1) is 0 Å². The number of hydrogen-bond donors (Lipinski definition) is 1. The molecule has 0 aliphatic carbocycles. The van der Waals surface area contributed by atoms with Gasteiger partial charge in [-0.05, 0) is 17.7 Å². The predicted octanol–water partition coefficient (Wildman–Crippen LogP) is 1.82. The Balaban J connectivity index is 2.04. The molecule has 1 heterocycles. The molecule has 0 amide bonds. The first-order valence-corrected chi connectivity index (χ1v) is 6.62. The number of nitriles is 1. The maximum atomic E-state index is 9.24. The van der Waals surface area contributed by atoms with Gasteiger partial charge in [-0.25, -0.2) is 0 Å². The van der Waals surface area contributed by atoms with Gasteiger partial charge in [0.05, 0.1) is 24.6 Å². The fraction of sp³-hybridized carbons (Fsp3) is 0.333. The second-order valence-corrected chi connectivity index (χ2v) is 4.56. The highest BCUT2D eigenvalue weighted by atomic mass is 16.5. The van der Waals surface area contributed by atoms with E-state index in [4.69, 9.17) is 9.47 Å². The van der Waals surface area contributed by atoms with Gasteiger partial charge in [0.2, 0.25) is 0 Å². The van der Waals surface area contributed by atoms with E-state index in [1.165, 1.54) is 0 Å². The van der Waals surface area contributed by atoms with E-state index in [1.807, 2.05) is 19.2 Å². The number of methoxy groups -OCH3 is 1. The van der Waals surface area contributed by atoms with E-state index in [1.54, 1.807) is 30.3 Å². The molecule has 1 aromatic heterocycles. The standard InChI is InChI=1S/C15H18N4O2/c1-19-11-14(10-18-19)21-15-4-3-12(7-13(15)8-16)9-17-5-6-20-2/h3-4,7,10-11,17H,5-6,9H2,1-2H3. The molecule has 0 fully saturated rings. The van der Waals surface area contributed by atoms with Crippen LogP contribution in [0, 0.1) is 11.3 Å². The van der Waals surface area contributed by atoms with Gasteiger partial charge in [0.25, 0.3) is 0 Å². The lowest BCUT2D eigenvalue weighted by atomic mass is 10.1. The lowest BCUT2D eigenvalue weighted by Crippen LogP contribution is -2.18. The zero-order chi connectivity index (χ0) is 15.1. The Labute approximate surface area is 123 Å². The number of nitrogens with one attached hydrogen (secondary N) is 1. The van der Waals surface area contributed by atoms with Crippen LogP contribution in [-0.2, 0) is 18.3 Å². The first-order chi connectivity index (χ1) is 10.2. The molecule has 21 heavy (non-hydrogen) atoms. The van der Waals surface area contributed by atoms with Crippen molar-refractivity contribution in [3.05, 3.63) is 41.7 Å². The Kier molecular flexibility index (Phi) is 5.32. The molecular formula is C15H18N4O2. The van der Waals surface area contributed by atoms with Gasteiger partial charge in [-0.1, -0.05) is 6.07 Å². The van der Waals surface area contributed by atoms with E-state index < -0.39 is 0 Å². The van der Waals surface area contributed by atoms with Crippen LogP contribution >= 0.6 is 0 Å². The third-order valence-corrected chi connectivity index (χ3v) is 2.89. The molecule has 0 atom stereocenters. The summed E-state index contributed by atoms with van der Waals surface area (Å²) in [5.74, 6) is 1.14. The average Bonchev–Trinajstić information content (AvgIpc) is 2.90. The van der Waals surface area contributed by atoms with Gasteiger partial charge < -0.3 is 14.8 Å². The maximum Gasteiger partial charge on any atom is 0.165 e. The molecular weight excluding hydrogens is 268 g/mol. The van der Waals surface area contributed by atoms with Crippen LogP contribution in [0.4, 0.5) is 0 Å². The van der Waals surface area contributed by atoms with Crippen molar-refractivity contribution in [2.45, 2.75) is 6.54 Å². The minimum atomic E-state index is 0.505. The molecule has 6 nitrogen and oxygen atoms in total. The highest BCUT2D eigenvalue weighted by molar-refractivity contribution is 5.47. The van der Waals surface area contributed by atoms with E-state index in [0.29, 0.717) is 30.2 Å². The molecule has 0 bridgehead atoms. The number of ether oxygens (including phenoxy) is 2. The maximum absolute atomic E-state index is 9.24. The molecule has 0 aliphatic heterocycles. The molecule has 0 saturated heterocycles. The minimum absolute atomic E-state index is 0.505. The molecule has 110 valence electrons. The number of aryl methyl sites for hydroxylation is 1. The predicted molar refractivity (Wildman–Crippen MR) is 78.0 cm³/mol. The van der Waals surface area contributed by atoms with Gasteiger partial charge in [-0.3, -0.25) is 4.68 Å². The van der Waals surface area contributed by atoms with Crippen molar-refractivity contribution >= 4 is 0 Å². The molecule has 0 spiro atoms. The Bertz CT molecular complexity index is 631. The number of rotatable bonds is 7. The van der Waals surface area contributed by atoms with Gasteiger partial charge in [0, 0.05) is 27.2 Å². The molecule has 0 saturated carbocycles. The molecule has 1 N–H and O–H groups in total. The summed E-state index contributed by atoms with van der Waals surface area (Å²) in [5, 5.41) is 16.5. The Hall–Kier alpha value is -2.36. The summed E-state index contributed by atoms with van der Waals surface area (Å²) in [6.07, 6.45) is 3.36. The summed E-state index contributed by atoms with van der Waals surface area (Å²) < 4.78 is 12.3. The van der Waals surface area contributed by atoms with E-state index in [0.717, 1.165) is 12.1 Å². The SMILES string of the molecule is COCCNCc1ccc(Oc2cnn(C)c2)c(C#N)c1. The van der Waals surface area contributed by atoms with Crippen LogP contribution < -0.4 is 10.1 Å². The van der Waals surface area contributed by atoms with Crippen LogP contribution in [-0.4, -0.2) is 30.0 Å². The van der Waals surface area contributed by atoms with Crippen molar-refractivity contribution in [3.63, 3.8) is 0 Å². The van der Waals surface area contributed by atoms with Gasteiger partial charge in [0.1, 0.15) is 11.8 Å². The van der Waals surface area contributed by atoms with Crippen molar-refractivity contribution in [1.82, 2.24) is 15.1 Å². The van der Waals surface area contributed by atoms with Crippen molar-refractivity contribution in [2.24, 2.45) is 7.05 Å². The molecule has 6 heteroatoms. The lowest BCUT2D eigenvalue weighted by Gasteiger charge is -2.08. The first-order valence-electron chi connectivity index (χ1n) is 6.62. The van der Waals surface area contributed by atoms with Gasteiger partial charge in [-0.2, -0.15) is 10.4 Å². The van der Waals surface area contributed by atoms with Crippen LogP contribution in [0.5, 0.6) is 11.5 Å². The second-order valence-electron chi connectivity index (χ2n) is 4.56. The van der Waals surface area contributed by atoms with E-state index in [-0.39, 0.29) is 0 Å². The third kappa shape index (κ3) is 4.31. The largest absolute Gasteiger partial charge is 0.453 e. The van der Waals surface area contributed by atoms with Gasteiger partial charge in [0.15, 0.2) is 5.75 Å². The molecule has 0 aliphatic rings. The van der Waals surface area contributed by atoms with Crippen LogP contribution in [0.1, 0.15) is 11.1 Å². The number of benzene rings is 1. The number of nitrogens with zero attached hydrogens (tertiary/aromatic N) is 3. The van der Waals surface area contributed by atoms with Crippen molar-refractivity contribution < 1.29 is 9.47 Å². The monoisotopic (exact) mass is 286 g/mol. The van der Waals surface area contributed by atoms with Crippen LogP contribution in [0.15, 0.2) is 30.6 Å². The van der Waals surface area contributed by atoms with Crippen LogP contribution in [0.2, 0.25) is 0 Å². The first kappa shape index (κ1) is 15.0. The second kappa shape index (κ2) is 7.43. The summed E-state index contributed by atoms with van der Waals surface area (Å²) in [4.78, 5) is 0. The number of aromatic nitrogens is 2. The van der Waals surface area contributed by atoms with Crippen LogP contribution in [0.25, 0.3) is 0 Å². The average molecular weight is 286 g/mol. The molecule has 0 unspecified atom stereocenters. The fourth-order valence-electron chi connectivity index (χ4n) is 1.85. The summed E-state index contributed by atoms with van der Waals surface area (Å²) in [5.41, 5.74) is 1.53.